The predicted molar refractivity (Wildman–Crippen MR) is 81.6 cm³/mol. The highest BCUT2D eigenvalue weighted by atomic mass is 35.5. The number of aromatic nitrogens is 2. The summed E-state index contributed by atoms with van der Waals surface area (Å²) in [5.41, 5.74) is 0.474. The van der Waals surface area contributed by atoms with E-state index in [1.54, 1.807) is 18.2 Å². The van der Waals surface area contributed by atoms with Gasteiger partial charge in [0.2, 0.25) is 11.0 Å². The first-order chi connectivity index (χ1) is 10.6. The Morgan fingerprint density at radius 3 is 2.95 bits per heavy atom. The van der Waals surface area contributed by atoms with E-state index in [4.69, 9.17) is 27.9 Å². The Bertz CT molecular complexity index is 741. The Morgan fingerprint density at radius 1 is 1.36 bits per heavy atom. The lowest BCUT2D eigenvalue weighted by Crippen LogP contribution is -2.21. The van der Waals surface area contributed by atoms with Gasteiger partial charge in [0.1, 0.15) is 12.1 Å². The number of nitro groups is 1. The standard InChI is InChI=1S/C13H10Cl2N4O3/c14-7-1-2-10-8(5-7)9(3-4-22-10)18-13-11(19(20)21)12(15)16-6-17-13/h1-2,5-6,9H,3-4H2,(H,16,17,18). The topological polar surface area (TPSA) is 90.2 Å². The van der Waals surface area contributed by atoms with Gasteiger partial charge in [-0.15, -0.1) is 0 Å². The van der Waals surface area contributed by atoms with E-state index in [2.05, 4.69) is 15.3 Å². The van der Waals surface area contributed by atoms with Crippen molar-refractivity contribution in [1.29, 1.82) is 0 Å². The van der Waals surface area contributed by atoms with Crippen molar-refractivity contribution in [2.24, 2.45) is 0 Å². The maximum absolute atomic E-state index is 11.1. The summed E-state index contributed by atoms with van der Waals surface area (Å²) in [6.45, 7) is 0.485. The molecule has 7 nitrogen and oxygen atoms in total. The molecule has 1 aromatic carbocycles. The highest BCUT2D eigenvalue weighted by Crippen LogP contribution is 2.38. The number of nitrogens with zero attached hydrogens (tertiary/aromatic N) is 3. The fourth-order valence-corrected chi connectivity index (χ4v) is 2.69. The summed E-state index contributed by atoms with van der Waals surface area (Å²) in [5.74, 6) is 0.763. The van der Waals surface area contributed by atoms with Crippen molar-refractivity contribution in [2.75, 3.05) is 11.9 Å². The summed E-state index contributed by atoms with van der Waals surface area (Å²) < 4.78 is 5.56. The normalized spacial score (nSPS) is 16.5. The summed E-state index contributed by atoms with van der Waals surface area (Å²) in [7, 11) is 0. The number of halogens is 2. The van der Waals surface area contributed by atoms with E-state index in [1.807, 2.05) is 0 Å². The first kappa shape index (κ1) is 14.8. The molecule has 1 aliphatic heterocycles. The minimum absolute atomic E-state index is 0.0721. The number of ether oxygens (including phenoxy) is 1. The third-order valence-corrected chi connectivity index (χ3v) is 3.79. The third kappa shape index (κ3) is 2.77. The van der Waals surface area contributed by atoms with Crippen LogP contribution in [0.1, 0.15) is 18.0 Å². The Morgan fingerprint density at radius 2 is 2.18 bits per heavy atom. The number of hydrogen-bond donors (Lipinski definition) is 1. The van der Waals surface area contributed by atoms with Crippen LogP contribution in [-0.2, 0) is 0 Å². The van der Waals surface area contributed by atoms with E-state index in [0.29, 0.717) is 23.8 Å². The molecule has 114 valence electrons. The minimum Gasteiger partial charge on any atom is -0.493 e. The van der Waals surface area contributed by atoms with Crippen molar-refractivity contribution in [3.8, 4) is 5.75 Å². The average Bonchev–Trinajstić information content (AvgIpc) is 2.47. The van der Waals surface area contributed by atoms with E-state index in [1.165, 1.54) is 6.33 Å². The van der Waals surface area contributed by atoms with Gasteiger partial charge in [-0.1, -0.05) is 23.2 Å². The van der Waals surface area contributed by atoms with Crippen molar-refractivity contribution >= 4 is 34.7 Å². The van der Waals surface area contributed by atoms with Crippen molar-refractivity contribution in [2.45, 2.75) is 12.5 Å². The van der Waals surface area contributed by atoms with E-state index >= 15 is 0 Å². The molecular weight excluding hydrogens is 331 g/mol. The zero-order valence-corrected chi connectivity index (χ0v) is 12.6. The largest absolute Gasteiger partial charge is 0.493 e. The zero-order valence-electron chi connectivity index (χ0n) is 11.1. The summed E-state index contributed by atoms with van der Waals surface area (Å²) in [5, 5.41) is 14.5. The zero-order chi connectivity index (χ0) is 15.7. The van der Waals surface area contributed by atoms with Gasteiger partial charge in [-0.25, -0.2) is 9.97 Å². The summed E-state index contributed by atoms with van der Waals surface area (Å²) in [6.07, 6.45) is 1.79. The van der Waals surface area contributed by atoms with Gasteiger partial charge in [0, 0.05) is 17.0 Å². The number of benzene rings is 1. The van der Waals surface area contributed by atoms with Gasteiger partial charge in [0.05, 0.1) is 17.6 Å². The van der Waals surface area contributed by atoms with Crippen LogP contribution in [0.15, 0.2) is 24.5 Å². The quantitative estimate of drug-likeness (QED) is 0.521. The third-order valence-electron chi connectivity index (χ3n) is 3.28. The van der Waals surface area contributed by atoms with Crippen LogP contribution in [0.5, 0.6) is 5.75 Å². The Balaban J connectivity index is 1.98. The summed E-state index contributed by atoms with van der Waals surface area (Å²) in [4.78, 5) is 18.1. The SMILES string of the molecule is O=[N+]([O-])c1c(Cl)ncnc1NC1CCOc2ccc(Cl)cc21. The Labute approximate surface area is 135 Å². The highest BCUT2D eigenvalue weighted by Gasteiger charge is 2.27. The monoisotopic (exact) mass is 340 g/mol. The molecule has 1 aromatic heterocycles. The molecule has 3 rings (SSSR count). The number of nitrogens with one attached hydrogen (secondary N) is 1. The fourth-order valence-electron chi connectivity index (χ4n) is 2.30. The first-order valence-electron chi connectivity index (χ1n) is 6.40. The molecular formula is C13H10Cl2N4O3. The van der Waals surface area contributed by atoms with Gasteiger partial charge in [-0.2, -0.15) is 0 Å². The van der Waals surface area contributed by atoms with Crippen molar-refractivity contribution < 1.29 is 9.66 Å². The van der Waals surface area contributed by atoms with Gasteiger partial charge in [0.15, 0.2) is 0 Å². The van der Waals surface area contributed by atoms with Gasteiger partial charge < -0.3 is 10.1 Å². The predicted octanol–water partition coefficient (Wildman–Crippen LogP) is 3.63. The van der Waals surface area contributed by atoms with Crippen molar-refractivity contribution in [3.63, 3.8) is 0 Å². The van der Waals surface area contributed by atoms with Crippen LogP contribution in [0.4, 0.5) is 11.5 Å². The molecule has 0 saturated carbocycles. The van der Waals surface area contributed by atoms with Gasteiger partial charge in [-0.05, 0) is 18.2 Å². The molecule has 2 heterocycles. The molecule has 0 saturated heterocycles. The van der Waals surface area contributed by atoms with Crippen LogP contribution < -0.4 is 10.1 Å². The molecule has 0 amide bonds. The van der Waals surface area contributed by atoms with E-state index < -0.39 is 4.92 Å². The molecule has 0 aliphatic carbocycles. The van der Waals surface area contributed by atoms with Gasteiger partial charge in [0.25, 0.3) is 0 Å². The first-order valence-corrected chi connectivity index (χ1v) is 7.15. The summed E-state index contributed by atoms with van der Waals surface area (Å²) >= 11 is 11.8. The van der Waals surface area contributed by atoms with E-state index in [-0.39, 0.29) is 22.7 Å². The van der Waals surface area contributed by atoms with E-state index in [9.17, 15) is 10.1 Å². The van der Waals surface area contributed by atoms with Crippen LogP contribution in [0, 0.1) is 10.1 Å². The second-order valence-electron chi connectivity index (χ2n) is 4.64. The van der Waals surface area contributed by atoms with Crippen LogP contribution in [0.2, 0.25) is 10.2 Å². The molecule has 1 aliphatic rings. The lowest BCUT2D eigenvalue weighted by atomic mass is 10.0. The van der Waals surface area contributed by atoms with E-state index in [0.717, 1.165) is 5.56 Å². The highest BCUT2D eigenvalue weighted by molar-refractivity contribution is 6.32. The van der Waals surface area contributed by atoms with Crippen molar-refractivity contribution in [1.82, 2.24) is 9.97 Å². The molecule has 22 heavy (non-hydrogen) atoms. The maximum atomic E-state index is 11.1. The lowest BCUT2D eigenvalue weighted by Gasteiger charge is -2.27. The molecule has 1 unspecified atom stereocenters. The minimum atomic E-state index is -0.608. The van der Waals surface area contributed by atoms with Crippen molar-refractivity contribution in [3.05, 3.63) is 50.4 Å². The number of rotatable bonds is 3. The molecule has 1 N–H and O–H groups in total. The van der Waals surface area contributed by atoms with Gasteiger partial charge in [-0.3, -0.25) is 10.1 Å². The van der Waals surface area contributed by atoms with Crippen LogP contribution in [-0.4, -0.2) is 21.5 Å². The van der Waals surface area contributed by atoms with Crippen LogP contribution >= 0.6 is 23.2 Å². The molecule has 1 atom stereocenters. The van der Waals surface area contributed by atoms with Crippen LogP contribution in [0.3, 0.4) is 0 Å². The number of hydrogen-bond acceptors (Lipinski definition) is 6. The fraction of sp³-hybridized carbons (Fsp3) is 0.231. The Hall–Kier alpha value is -2.12. The summed E-state index contributed by atoms with van der Waals surface area (Å²) in [6, 6.07) is 5.05. The molecule has 2 aromatic rings. The molecule has 0 fully saturated rings. The molecule has 0 spiro atoms. The number of fused-ring (bicyclic) bond motifs is 1. The molecule has 0 bridgehead atoms. The Kier molecular flexibility index (Phi) is 4.00. The average molecular weight is 341 g/mol. The smallest absolute Gasteiger partial charge is 0.348 e. The second kappa shape index (κ2) is 5.94. The molecule has 0 radical (unpaired) electrons. The molecule has 9 heteroatoms. The number of anilines is 1. The maximum Gasteiger partial charge on any atom is 0.348 e. The second-order valence-corrected chi connectivity index (χ2v) is 5.43. The van der Waals surface area contributed by atoms with Gasteiger partial charge >= 0.3 is 5.69 Å². The lowest BCUT2D eigenvalue weighted by molar-refractivity contribution is -0.384. The van der Waals surface area contributed by atoms with Crippen LogP contribution in [0.25, 0.3) is 0 Å².